The molecule has 4 nitrogen and oxygen atoms in total. The molecule has 0 saturated carbocycles. The third kappa shape index (κ3) is 2.53. The summed E-state index contributed by atoms with van der Waals surface area (Å²) in [5, 5.41) is 0. The fourth-order valence-corrected chi connectivity index (χ4v) is 2.64. The van der Waals surface area contributed by atoms with Crippen molar-refractivity contribution < 1.29 is 13.9 Å². The zero-order chi connectivity index (χ0) is 12.4. The van der Waals surface area contributed by atoms with Crippen LogP contribution in [0.3, 0.4) is 0 Å². The Morgan fingerprint density at radius 1 is 1.22 bits per heavy atom. The molecule has 1 aromatic heterocycles. The van der Waals surface area contributed by atoms with E-state index in [4.69, 9.17) is 9.47 Å². The van der Waals surface area contributed by atoms with Gasteiger partial charge in [0.2, 0.25) is 0 Å². The molecule has 3 rings (SSSR count). The number of rotatable bonds is 2. The summed E-state index contributed by atoms with van der Waals surface area (Å²) in [6.07, 6.45) is 4.72. The van der Waals surface area contributed by atoms with Gasteiger partial charge < -0.3 is 9.47 Å². The summed E-state index contributed by atoms with van der Waals surface area (Å²) in [5.41, 5.74) is 0.916. The Bertz CT molecular complexity index is 411. The van der Waals surface area contributed by atoms with Crippen molar-refractivity contribution in [2.75, 3.05) is 26.3 Å². The molecule has 2 aliphatic rings. The van der Waals surface area contributed by atoms with Gasteiger partial charge in [0.05, 0.1) is 19.4 Å². The van der Waals surface area contributed by atoms with Gasteiger partial charge in [-0.1, -0.05) is 0 Å². The van der Waals surface area contributed by atoms with Crippen molar-refractivity contribution in [2.45, 2.75) is 25.2 Å². The first-order valence-corrected chi connectivity index (χ1v) is 6.36. The average Bonchev–Trinajstić information content (AvgIpc) is 2.81. The molecule has 2 saturated heterocycles. The Balaban J connectivity index is 1.57. The number of nitrogens with zero attached hydrogens (tertiary/aromatic N) is 2. The maximum Gasteiger partial charge on any atom is 0.170 e. The fourth-order valence-electron chi connectivity index (χ4n) is 2.64. The minimum atomic E-state index is -0.337. The zero-order valence-electron chi connectivity index (χ0n) is 10.3. The minimum absolute atomic E-state index is 0.275. The van der Waals surface area contributed by atoms with E-state index in [0.717, 1.165) is 38.0 Å². The lowest BCUT2D eigenvalue weighted by Crippen LogP contribution is -2.44. The molecule has 2 fully saturated rings. The largest absolute Gasteiger partial charge is 0.347 e. The van der Waals surface area contributed by atoms with Gasteiger partial charge in [0.1, 0.15) is 5.82 Å². The number of hydrogen-bond acceptors (Lipinski definition) is 4. The van der Waals surface area contributed by atoms with Crippen LogP contribution in [0, 0.1) is 5.82 Å². The van der Waals surface area contributed by atoms with Crippen molar-refractivity contribution in [1.29, 1.82) is 0 Å². The Hall–Kier alpha value is -1.04. The molecular formula is C13H17FN2O2. The molecular weight excluding hydrogens is 235 g/mol. The zero-order valence-corrected chi connectivity index (χ0v) is 10.3. The van der Waals surface area contributed by atoms with E-state index in [1.165, 1.54) is 6.20 Å². The number of halogens is 1. The van der Waals surface area contributed by atoms with Gasteiger partial charge in [-0.05, 0) is 11.6 Å². The summed E-state index contributed by atoms with van der Waals surface area (Å²) in [5.74, 6) is -0.611. The van der Waals surface area contributed by atoms with E-state index in [2.05, 4.69) is 9.88 Å². The van der Waals surface area contributed by atoms with Crippen molar-refractivity contribution in [2.24, 2.45) is 0 Å². The molecule has 18 heavy (non-hydrogen) atoms. The Morgan fingerprint density at radius 2 is 1.94 bits per heavy atom. The van der Waals surface area contributed by atoms with Crippen molar-refractivity contribution in [1.82, 2.24) is 9.88 Å². The molecule has 0 N–H and O–H groups in total. The van der Waals surface area contributed by atoms with Gasteiger partial charge in [-0.25, -0.2) is 4.39 Å². The summed E-state index contributed by atoms with van der Waals surface area (Å²) >= 11 is 0. The third-order valence-corrected chi connectivity index (χ3v) is 3.60. The Labute approximate surface area is 106 Å². The van der Waals surface area contributed by atoms with Crippen LogP contribution in [-0.2, 0) is 16.0 Å². The van der Waals surface area contributed by atoms with Crippen LogP contribution in [0.2, 0.25) is 0 Å². The smallest absolute Gasteiger partial charge is 0.170 e. The van der Waals surface area contributed by atoms with Crippen LogP contribution in [-0.4, -0.2) is 42.0 Å². The summed E-state index contributed by atoms with van der Waals surface area (Å²) in [6, 6.07) is 1.54. The molecule has 2 aliphatic heterocycles. The predicted molar refractivity (Wildman–Crippen MR) is 63.3 cm³/mol. The normalized spacial score (nSPS) is 23.6. The van der Waals surface area contributed by atoms with Crippen molar-refractivity contribution in [3.8, 4) is 0 Å². The number of pyridine rings is 1. The standard InChI is InChI=1S/C13H17FN2O2/c14-12-7-11(8-15-9-12)10-16-3-1-13(2-4-16)17-5-6-18-13/h7-9H,1-6,10H2. The van der Waals surface area contributed by atoms with E-state index in [1.807, 2.05) is 0 Å². The van der Waals surface area contributed by atoms with E-state index < -0.39 is 0 Å². The number of hydrogen-bond donors (Lipinski definition) is 0. The van der Waals surface area contributed by atoms with Crippen molar-refractivity contribution in [3.63, 3.8) is 0 Å². The van der Waals surface area contributed by atoms with Gasteiger partial charge in [-0.3, -0.25) is 9.88 Å². The average molecular weight is 252 g/mol. The lowest BCUT2D eigenvalue weighted by atomic mass is 10.0. The molecule has 0 bridgehead atoms. The topological polar surface area (TPSA) is 34.6 Å². The maximum absolute atomic E-state index is 13.0. The van der Waals surface area contributed by atoms with Crippen LogP contribution >= 0.6 is 0 Å². The van der Waals surface area contributed by atoms with Gasteiger partial charge in [0.15, 0.2) is 5.79 Å². The van der Waals surface area contributed by atoms with Gasteiger partial charge >= 0.3 is 0 Å². The molecule has 0 unspecified atom stereocenters. The van der Waals surface area contributed by atoms with Crippen LogP contribution in [0.15, 0.2) is 18.5 Å². The highest BCUT2D eigenvalue weighted by Gasteiger charge is 2.39. The van der Waals surface area contributed by atoms with Gasteiger partial charge in [0, 0.05) is 38.7 Å². The molecule has 0 atom stereocenters. The Morgan fingerprint density at radius 3 is 2.61 bits per heavy atom. The second-order valence-electron chi connectivity index (χ2n) is 4.90. The number of ether oxygens (including phenoxy) is 2. The minimum Gasteiger partial charge on any atom is -0.347 e. The van der Waals surface area contributed by atoms with E-state index in [-0.39, 0.29) is 11.6 Å². The predicted octanol–water partition coefficient (Wildman–Crippen LogP) is 1.56. The first-order valence-electron chi connectivity index (χ1n) is 6.36. The summed E-state index contributed by atoms with van der Waals surface area (Å²) in [4.78, 5) is 6.15. The van der Waals surface area contributed by atoms with Crippen molar-refractivity contribution in [3.05, 3.63) is 29.8 Å². The van der Waals surface area contributed by atoms with E-state index in [0.29, 0.717) is 13.2 Å². The van der Waals surface area contributed by atoms with Gasteiger partial charge in [-0.2, -0.15) is 0 Å². The van der Waals surface area contributed by atoms with Gasteiger partial charge in [0.25, 0.3) is 0 Å². The van der Waals surface area contributed by atoms with E-state index in [1.54, 1.807) is 12.3 Å². The van der Waals surface area contributed by atoms with E-state index >= 15 is 0 Å². The lowest BCUT2D eigenvalue weighted by molar-refractivity contribution is -0.185. The molecule has 0 aliphatic carbocycles. The van der Waals surface area contributed by atoms with Crippen molar-refractivity contribution >= 4 is 0 Å². The molecule has 0 aromatic carbocycles. The molecule has 98 valence electrons. The lowest BCUT2D eigenvalue weighted by Gasteiger charge is -2.37. The summed E-state index contributed by atoms with van der Waals surface area (Å²) in [6.45, 7) is 3.97. The fraction of sp³-hybridized carbons (Fsp3) is 0.615. The van der Waals surface area contributed by atoms with Gasteiger partial charge in [-0.15, -0.1) is 0 Å². The number of piperidine rings is 1. The first kappa shape index (κ1) is 12.0. The first-order chi connectivity index (χ1) is 8.76. The monoisotopic (exact) mass is 252 g/mol. The van der Waals surface area contributed by atoms with Crippen LogP contribution in [0.25, 0.3) is 0 Å². The molecule has 5 heteroatoms. The quantitative estimate of drug-likeness (QED) is 0.800. The number of likely N-dealkylation sites (tertiary alicyclic amines) is 1. The summed E-state index contributed by atoms with van der Waals surface area (Å²) in [7, 11) is 0. The third-order valence-electron chi connectivity index (χ3n) is 3.60. The second kappa shape index (κ2) is 4.91. The highest BCUT2D eigenvalue weighted by molar-refractivity contribution is 5.10. The van der Waals surface area contributed by atoms with Crippen LogP contribution in [0.5, 0.6) is 0 Å². The highest BCUT2D eigenvalue weighted by atomic mass is 19.1. The Kier molecular flexibility index (Phi) is 3.28. The van der Waals surface area contributed by atoms with E-state index in [9.17, 15) is 4.39 Å². The molecule has 1 aromatic rings. The van der Waals surface area contributed by atoms with Crippen LogP contribution in [0.1, 0.15) is 18.4 Å². The second-order valence-corrected chi connectivity index (χ2v) is 4.90. The molecule has 0 radical (unpaired) electrons. The SMILES string of the molecule is Fc1cncc(CN2CCC3(CC2)OCCO3)c1. The maximum atomic E-state index is 13.0. The molecule has 1 spiro atoms. The van der Waals surface area contributed by atoms with Crippen LogP contribution in [0.4, 0.5) is 4.39 Å². The number of aromatic nitrogens is 1. The molecule has 0 amide bonds. The highest BCUT2D eigenvalue weighted by Crippen LogP contribution is 2.31. The summed E-state index contributed by atoms with van der Waals surface area (Å²) < 4.78 is 24.4. The molecule has 3 heterocycles. The van der Waals surface area contributed by atoms with Crippen LogP contribution < -0.4 is 0 Å².